The third kappa shape index (κ3) is 3.18. The van der Waals surface area contributed by atoms with E-state index in [0.29, 0.717) is 25.0 Å². The number of nitro groups is 1. The molecule has 2 heterocycles. The van der Waals surface area contributed by atoms with Gasteiger partial charge in [-0.05, 0) is 51.1 Å². The molecule has 2 fully saturated rings. The highest BCUT2D eigenvalue weighted by molar-refractivity contribution is 7.89. The highest BCUT2D eigenvalue weighted by Crippen LogP contribution is 2.31. The van der Waals surface area contributed by atoms with Crippen molar-refractivity contribution in [3.63, 3.8) is 0 Å². The number of hydrogen-bond acceptors (Lipinski definition) is 5. The molecule has 24 heavy (non-hydrogen) atoms. The molecule has 1 aromatic carbocycles. The Labute approximate surface area is 142 Å². The molecule has 1 N–H and O–H groups in total. The van der Waals surface area contributed by atoms with Gasteiger partial charge in [0, 0.05) is 30.8 Å². The van der Waals surface area contributed by atoms with Crippen molar-refractivity contribution in [2.24, 2.45) is 5.92 Å². The van der Waals surface area contributed by atoms with E-state index in [4.69, 9.17) is 0 Å². The van der Waals surface area contributed by atoms with Crippen LogP contribution in [0, 0.1) is 23.0 Å². The van der Waals surface area contributed by atoms with Crippen molar-refractivity contribution in [2.75, 3.05) is 19.6 Å². The van der Waals surface area contributed by atoms with Crippen LogP contribution in [0.4, 0.5) is 5.69 Å². The van der Waals surface area contributed by atoms with E-state index < -0.39 is 14.9 Å². The summed E-state index contributed by atoms with van der Waals surface area (Å²) in [4.78, 5) is 10.6. The average molecular weight is 353 g/mol. The van der Waals surface area contributed by atoms with Gasteiger partial charge >= 0.3 is 0 Å². The van der Waals surface area contributed by atoms with E-state index in [1.165, 1.54) is 42.3 Å². The van der Waals surface area contributed by atoms with Crippen molar-refractivity contribution in [3.05, 3.63) is 33.9 Å². The van der Waals surface area contributed by atoms with Gasteiger partial charge in [0.25, 0.3) is 5.69 Å². The molecular formula is C16H23N3O4S. The number of hydrogen-bond donors (Lipinski definition) is 1. The van der Waals surface area contributed by atoms with E-state index in [9.17, 15) is 18.5 Å². The number of sulfonamides is 1. The summed E-state index contributed by atoms with van der Waals surface area (Å²) in [6.07, 6.45) is 4.03. The Morgan fingerprint density at radius 2 is 1.96 bits per heavy atom. The maximum Gasteiger partial charge on any atom is 0.273 e. The van der Waals surface area contributed by atoms with Gasteiger partial charge in [0.1, 0.15) is 0 Å². The molecule has 0 amide bonds. The Morgan fingerprint density at radius 3 is 2.54 bits per heavy atom. The molecule has 0 bridgehead atoms. The van der Waals surface area contributed by atoms with Crippen LogP contribution in [-0.2, 0) is 10.0 Å². The topological polar surface area (TPSA) is 92.5 Å². The van der Waals surface area contributed by atoms with Crippen molar-refractivity contribution in [2.45, 2.75) is 43.5 Å². The quantitative estimate of drug-likeness (QED) is 0.661. The van der Waals surface area contributed by atoms with Crippen LogP contribution >= 0.6 is 0 Å². The molecule has 2 aliphatic heterocycles. The fourth-order valence-electron chi connectivity index (χ4n) is 3.85. The van der Waals surface area contributed by atoms with Crippen LogP contribution in [0.1, 0.15) is 31.2 Å². The number of nitrogens with zero attached hydrogens (tertiary/aromatic N) is 2. The van der Waals surface area contributed by atoms with Gasteiger partial charge in [-0.1, -0.05) is 6.07 Å². The molecule has 0 radical (unpaired) electrons. The lowest BCUT2D eigenvalue weighted by Gasteiger charge is -2.34. The molecule has 0 saturated carbocycles. The second-order valence-corrected chi connectivity index (χ2v) is 8.51. The lowest BCUT2D eigenvalue weighted by atomic mass is 9.89. The van der Waals surface area contributed by atoms with Crippen molar-refractivity contribution >= 4 is 15.7 Å². The van der Waals surface area contributed by atoms with Crippen LogP contribution in [0.3, 0.4) is 0 Å². The van der Waals surface area contributed by atoms with Gasteiger partial charge in [0.05, 0.1) is 9.82 Å². The highest BCUT2D eigenvalue weighted by atomic mass is 32.2. The second-order valence-electron chi connectivity index (χ2n) is 6.60. The first-order chi connectivity index (χ1) is 11.4. The summed E-state index contributed by atoms with van der Waals surface area (Å²) in [6, 6.07) is 4.75. The molecule has 1 atom stereocenters. The third-order valence-corrected chi connectivity index (χ3v) is 7.28. The summed E-state index contributed by atoms with van der Waals surface area (Å²) in [5.74, 6) is 0.519. The van der Waals surface area contributed by atoms with Crippen molar-refractivity contribution in [3.8, 4) is 0 Å². The molecular weight excluding hydrogens is 330 g/mol. The summed E-state index contributed by atoms with van der Waals surface area (Å²) in [5, 5.41) is 14.6. The normalized spacial score (nSPS) is 23.5. The average Bonchev–Trinajstić information content (AvgIpc) is 3.09. The number of nitro benzene ring substituents is 1. The minimum absolute atomic E-state index is 0.0501. The standard InChI is InChI=1S/C16H23N3O4S/c1-12-15(19(20)21)5-2-6-16(12)24(22,23)18-10-7-13(8-11-18)14-4-3-9-17-14/h2,5-6,13-14,17H,3-4,7-11H2,1H3. The molecule has 7 nitrogen and oxygen atoms in total. The summed E-state index contributed by atoms with van der Waals surface area (Å²) in [5.41, 5.74) is 0.0585. The molecule has 1 unspecified atom stereocenters. The summed E-state index contributed by atoms with van der Waals surface area (Å²) < 4.78 is 27.3. The molecule has 0 aliphatic carbocycles. The first kappa shape index (κ1) is 17.3. The van der Waals surface area contributed by atoms with Gasteiger partial charge in [-0.25, -0.2) is 8.42 Å². The predicted octanol–water partition coefficient (Wildman–Crippen LogP) is 2.06. The van der Waals surface area contributed by atoms with Crippen LogP contribution in [0.25, 0.3) is 0 Å². The largest absolute Gasteiger partial charge is 0.314 e. The number of piperidine rings is 1. The smallest absolute Gasteiger partial charge is 0.273 e. The maximum absolute atomic E-state index is 12.9. The zero-order valence-corrected chi connectivity index (χ0v) is 14.6. The Balaban J connectivity index is 1.77. The van der Waals surface area contributed by atoms with Crippen LogP contribution in [0.2, 0.25) is 0 Å². The van der Waals surface area contributed by atoms with Crippen LogP contribution in [0.5, 0.6) is 0 Å². The van der Waals surface area contributed by atoms with Crippen molar-refractivity contribution in [1.29, 1.82) is 0 Å². The van der Waals surface area contributed by atoms with Gasteiger partial charge in [-0.3, -0.25) is 10.1 Å². The first-order valence-corrected chi connectivity index (χ1v) is 9.83. The van der Waals surface area contributed by atoms with E-state index in [0.717, 1.165) is 19.4 Å². The van der Waals surface area contributed by atoms with E-state index in [1.807, 2.05) is 0 Å². The van der Waals surface area contributed by atoms with Gasteiger partial charge in [-0.2, -0.15) is 4.31 Å². The van der Waals surface area contributed by atoms with Crippen LogP contribution in [0.15, 0.2) is 23.1 Å². The second kappa shape index (κ2) is 6.78. The Morgan fingerprint density at radius 1 is 1.25 bits per heavy atom. The van der Waals surface area contributed by atoms with Gasteiger partial charge in [0.15, 0.2) is 0 Å². The maximum atomic E-state index is 12.9. The molecule has 0 spiro atoms. The fraction of sp³-hybridized carbons (Fsp3) is 0.625. The minimum Gasteiger partial charge on any atom is -0.314 e. The Bertz CT molecular complexity index is 721. The van der Waals surface area contributed by atoms with E-state index in [-0.39, 0.29) is 16.1 Å². The molecule has 0 aromatic heterocycles. The molecule has 8 heteroatoms. The van der Waals surface area contributed by atoms with E-state index >= 15 is 0 Å². The summed E-state index contributed by atoms with van der Waals surface area (Å²) in [6.45, 7) is 3.51. The lowest BCUT2D eigenvalue weighted by Crippen LogP contribution is -2.43. The minimum atomic E-state index is -3.69. The zero-order valence-electron chi connectivity index (χ0n) is 13.8. The molecule has 3 rings (SSSR count). The van der Waals surface area contributed by atoms with Crippen LogP contribution < -0.4 is 5.32 Å². The van der Waals surface area contributed by atoms with Gasteiger partial charge in [-0.15, -0.1) is 0 Å². The first-order valence-electron chi connectivity index (χ1n) is 8.39. The molecule has 2 saturated heterocycles. The Kier molecular flexibility index (Phi) is 4.89. The highest BCUT2D eigenvalue weighted by Gasteiger charge is 2.35. The summed E-state index contributed by atoms with van der Waals surface area (Å²) >= 11 is 0. The molecule has 2 aliphatic rings. The van der Waals surface area contributed by atoms with Gasteiger partial charge in [0.2, 0.25) is 10.0 Å². The number of benzene rings is 1. The Hall–Kier alpha value is -1.51. The summed E-state index contributed by atoms with van der Waals surface area (Å²) in [7, 11) is -3.69. The van der Waals surface area contributed by atoms with Gasteiger partial charge < -0.3 is 5.32 Å². The number of nitrogens with one attached hydrogen (secondary N) is 1. The van der Waals surface area contributed by atoms with E-state index in [1.54, 1.807) is 0 Å². The third-order valence-electron chi connectivity index (χ3n) is 5.24. The SMILES string of the molecule is Cc1c([N+](=O)[O-])cccc1S(=O)(=O)N1CCC(C2CCCN2)CC1. The predicted molar refractivity (Wildman–Crippen MR) is 90.3 cm³/mol. The fourth-order valence-corrected chi connectivity index (χ4v) is 5.56. The zero-order chi connectivity index (χ0) is 17.3. The van der Waals surface area contributed by atoms with Crippen LogP contribution in [-0.4, -0.2) is 43.3 Å². The lowest BCUT2D eigenvalue weighted by molar-refractivity contribution is -0.385. The monoisotopic (exact) mass is 353 g/mol. The molecule has 1 aromatic rings. The molecule has 132 valence electrons. The van der Waals surface area contributed by atoms with Crippen molar-refractivity contribution < 1.29 is 13.3 Å². The number of rotatable bonds is 4. The van der Waals surface area contributed by atoms with Crippen molar-refractivity contribution in [1.82, 2.24) is 9.62 Å². The van der Waals surface area contributed by atoms with E-state index in [2.05, 4.69) is 5.32 Å².